The van der Waals surface area contributed by atoms with E-state index in [2.05, 4.69) is 15.3 Å². The van der Waals surface area contributed by atoms with Crippen molar-refractivity contribution in [2.24, 2.45) is 7.05 Å². The van der Waals surface area contributed by atoms with Gasteiger partial charge in [0.15, 0.2) is 12.2 Å². The summed E-state index contributed by atoms with van der Waals surface area (Å²) in [6.07, 6.45) is 3.17. The van der Waals surface area contributed by atoms with Gasteiger partial charge in [-0.3, -0.25) is 4.98 Å². The maximum atomic E-state index is 13.3. The van der Waals surface area contributed by atoms with Crippen molar-refractivity contribution in [3.63, 3.8) is 0 Å². The molecule has 0 bridgehead atoms. The fraction of sp³-hybridized carbons (Fsp3) is 0.0870. The number of nitrogens with one attached hydrogen (secondary N) is 1. The van der Waals surface area contributed by atoms with Gasteiger partial charge in [0.1, 0.15) is 22.9 Å². The number of rotatable bonds is 4. The number of imidazole rings is 1. The highest BCUT2D eigenvalue weighted by atomic mass is 19.1. The van der Waals surface area contributed by atoms with Gasteiger partial charge < -0.3 is 14.3 Å². The molecule has 0 radical (unpaired) electrons. The molecule has 0 atom stereocenters. The molecule has 30 heavy (non-hydrogen) atoms. The summed E-state index contributed by atoms with van der Waals surface area (Å²) in [5.74, 6) is 1.17. The molecule has 0 amide bonds. The minimum Gasteiger partial charge on any atom is -0.442 e. The van der Waals surface area contributed by atoms with Gasteiger partial charge in [-0.15, -0.1) is 0 Å². The Morgan fingerprint density at radius 3 is 2.53 bits per heavy atom. The molecule has 0 saturated carbocycles. The predicted octanol–water partition coefficient (Wildman–Crippen LogP) is 5.48. The van der Waals surface area contributed by atoms with Crippen LogP contribution in [-0.4, -0.2) is 19.5 Å². The van der Waals surface area contributed by atoms with Gasteiger partial charge in [-0.1, -0.05) is 6.07 Å². The summed E-state index contributed by atoms with van der Waals surface area (Å²) < 4.78 is 20.7. The standard InChI is InChI=1S/C23H18FN5O/c1-14-22(30-13-26-14)19-11-10-17(12-25-19)27-18-4-3-5-20-21(18)28-23(29(20)2)15-6-8-16(24)9-7-15/h3-13,27H,1-2H3. The molecule has 0 spiro atoms. The number of para-hydroxylation sites is 1. The van der Waals surface area contributed by atoms with Crippen LogP contribution in [-0.2, 0) is 7.05 Å². The van der Waals surface area contributed by atoms with Crippen molar-refractivity contribution in [2.75, 3.05) is 5.32 Å². The number of nitrogens with zero attached hydrogens (tertiary/aromatic N) is 4. The molecule has 0 unspecified atom stereocenters. The SMILES string of the molecule is Cc1ncoc1-c1ccc(Nc2cccc3c2nc(-c2ccc(F)cc2)n3C)cn1. The van der Waals surface area contributed by atoms with Crippen LogP contribution in [0.15, 0.2) is 71.6 Å². The third-order valence-electron chi connectivity index (χ3n) is 5.03. The Kier molecular flexibility index (Phi) is 4.28. The number of aryl methyl sites for hydroxylation is 2. The van der Waals surface area contributed by atoms with Crippen LogP contribution in [0.1, 0.15) is 5.69 Å². The number of pyridine rings is 1. The number of aromatic nitrogens is 4. The topological polar surface area (TPSA) is 68.8 Å². The number of benzene rings is 2. The van der Waals surface area contributed by atoms with E-state index in [1.165, 1.54) is 18.5 Å². The Hall–Kier alpha value is -4.00. The first kappa shape index (κ1) is 18.1. The number of fused-ring (bicyclic) bond motifs is 1. The van der Waals surface area contributed by atoms with Crippen molar-refractivity contribution >= 4 is 22.4 Å². The summed E-state index contributed by atoms with van der Waals surface area (Å²) in [7, 11) is 1.95. The molecular formula is C23H18FN5O. The second-order valence-electron chi connectivity index (χ2n) is 7.00. The molecule has 3 aromatic heterocycles. The Morgan fingerprint density at radius 1 is 1.00 bits per heavy atom. The molecule has 0 saturated heterocycles. The zero-order valence-electron chi connectivity index (χ0n) is 16.4. The predicted molar refractivity (Wildman–Crippen MR) is 114 cm³/mol. The van der Waals surface area contributed by atoms with Crippen LogP contribution in [0.3, 0.4) is 0 Å². The molecule has 0 fully saturated rings. The lowest BCUT2D eigenvalue weighted by Crippen LogP contribution is -1.94. The highest BCUT2D eigenvalue weighted by Crippen LogP contribution is 2.30. The van der Waals surface area contributed by atoms with E-state index >= 15 is 0 Å². The van der Waals surface area contributed by atoms with Gasteiger partial charge in [0.05, 0.1) is 28.8 Å². The second kappa shape index (κ2) is 7.11. The number of anilines is 2. The van der Waals surface area contributed by atoms with E-state index in [9.17, 15) is 4.39 Å². The minimum absolute atomic E-state index is 0.267. The fourth-order valence-corrected chi connectivity index (χ4v) is 3.48. The molecule has 2 aromatic carbocycles. The zero-order valence-corrected chi connectivity index (χ0v) is 16.4. The monoisotopic (exact) mass is 399 g/mol. The van der Waals surface area contributed by atoms with Gasteiger partial charge in [0, 0.05) is 12.6 Å². The van der Waals surface area contributed by atoms with Crippen LogP contribution >= 0.6 is 0 Å². The maximum Gasteiger partial charge on any atom is 0.181 e. The van der Waals surface area contributed by atoms with E-state index in [0.717, 1.165) is 45.2 Å². The first-order valence-corrected chi connectivity index (χ1v) is 9.45. The van der Waals surface area contributed by atoms with Crippen molar-refractivity contribution in [3.05, 3.63) is 78.7 Å². The van der Waals surface area contributed by atoms with Gasteiger partial charge in [-0.05, 0) is 55.5 Å². The molecule has 0 aliphatic heterocycles. The van der Waals surface area contributed by atoms with E-state index in [4.69, 9.17) is 9.40 Å². The van der Waals surface area contributed by atoms with E-state index < -0.39 is 0 Å². The minimum atomic E-state index is -0.267. The van der Waals surface area contributed by atoms with Crippen molar-refractivity contribution in [1.82, 2.24) is 19.5 Å². The highest BCUT2D eigenvalue weighted by molar-refractivity contribution is 5.93. The first-order valence-electron chi connectivity index (χ1n) is 9.45. The molecule has 6 nitrogen and oxygen atoms in total. The number of oxazole rings is 1. The molecule has 0 aliphatic rings. The van der Waals surface area contributed by atoms with E-state index in [1.807, 2.05) is 48.9 Å². The highest BCUT2D eigenvalue weighted by Gasteiger charge is 2.14. The second-order valence-corrected chi connectivity index (χ2v) is 7.00. The summed E-state index contributed by atoms with van der Waals surface area (Å²) in [6, 6.07) is 16.1. The number of hydrogen-bond acceptors (Lipinski definition) is 5. The summed E-state index contributed by atoms with van der Waals surface area (Å²) in [6.45, 7) is 1.88. The van der Waals surface area contributed by atoms with Crippen molar-refractivity contribution < 1.29 is 8.81 Å². The van der Waals surface area contributed by atoms with Gasteiger partial charge in [0.2, 0.25) is 0 Å². The van der Waals surface area contributed by atoms with Crippen LogP contribution in [0, 0.1) is 12.7 Å². The maximum absolute atomic E-state index is 13.3. The third-order valence-corrected chi connectivity index (χ3v) is 5.03. The summed E-state index contributed by atoms with van der Waals surface area (Å²) in [4.78, 5) is 13.4. The lowest BCUT2D eigenvalue weighted by Gasteiger charge is -2.07. The lowest BCUT2D eigenvalue weighted by atomic mass is 10.2. The Balaban J connectivity index is 1.50. The van der Waals surface area contributed by atoms with Crippen molar-refractivity contribution in [3.8, 4) is 22.8 Å². The van der Waals surface area contributed by atoms with Gasteiger partial charge >= 0.3 is 0 Å². The van der Waals surface area contributed by atoms with E-state index in [-0.39, 0.29) is 5.82 Å². The fourth-order valence-electron chi connectivity index (χ4n) is 3.48. The third kappa shape index (κ3) is 3.10. The van der Waals surface area contributed by atoms with Crippen LogP contribution < -0.4 is 5.32 Å². The summed E-state index contributed by atoms with van der Waals surface area (Å²) in [5, 5.41) is 3.39. The van der Waals surface area contributed by atoms with Crippen LogP contribution in [0.2, 0.25) is 0 Å². The van der Waals surface area contributed by atoms with E-state index in [0.29, 0.717) is 5.76 Å². The van der Waals surface area contributed by atoms with Gasteiger partial charge in [-0.2, -0.15) is 0 Å². The Morgan fingerprint density at radius 2 is 1.83 bits per heavy atom. The molecule has 148 valence electrons. The molecule has 3 heterocycles. The van der Waals surface area contributed by atoms with Crippen molar-refractivity contribution in [1.29, 1.82) is 0 Å². The smallest absolute Gasteiger partial charge is 0.181 e. The molecule has 0 aliphatic carbocycles. The average molecular weight is 399 g/mol. The Bertz CT molecular complexity index is 1340. The normalized spacial score (nSPS) is 11.2. The summed E-state index contributed by atoms with van der Waals surface area (Å²) in [5.41, 5.74) is 5.88. The van der Waals surface area contributed by atoms with E-state index in [1.54, 1.807) is 18.3 Å². The number of hydrogen-bond donors (Lipinski definition) is 1. The molecular weight excluding hydrogens is 381 g/mol. The van der Waals surface area contributed by atoms with Crippen LogP contribution in [0.25, 0.3) is 33.9 Å². The molecule has 5 aromatic rings. The van der Waals surface area contributed by atoms with Crippen LogP contribution in [0.5, 0.6) is 0 Å². The molecule has 7 heteroatoms. The van der Waals surface area contributed by atoms with Crippen LogP contribution in [0.4, 0.5) is 15.8 Å². The van der Waals surface area contributed by atoms with Gasteiger partial charge in [0.25, 0.3) is 0 Å². The zero-order chi connectivity index (χ0) is 20.7. The quantitative estimate of drug-likeness (QED) is 0.433. The summed E-state index contributed by atoms with van der Waals surface area (Å²) >= 11 is 0. The molecule has 5 rings (SSSR count). The average Bonchev–Trinajstić information content (AvgIpc) is 3.33. The first-order chi connectivity index (χ1) is 14.6. The largest absolute Gasteiger partial charge is 0.442 e. The lowest BCUT2D eigenvalue weighted by molar-refractivity contribution is 0.569. The van der Waals surface area contributed by atoms with Crippen molar-refractivity contribution in [2.45, 2.75) is 6.92 Å². The Labute approximate surface area is 172 Å². The molecule has 1 N–H and O–H groups in total. The van der Waals surface area contributed by atoms with Gasteiger partial charge in [-0.25, -0.2) is 14.4 Å². The number of halogens is 1.